The van der Waals surface area contributed by atoms with Gasteiger partial charge in [0.2, 0.25) is 5.95 Å². The number of rotatable bonds is 5. The first kappa shape index (κ1) is 15.9. The normalized spacial score (nSPS) is 10.7. The fourth-order valence-electron chi connectivity index (χ4n) is 2.31. The maximum atomic E-state index is 13.9. The van der Waals surface area contributed by atoms with Gasteiger partial charge in [-0.15, -0.1) is 0 Å². The smallest absolute Gasteiger partial charge is 0.229 e. The fraction of sp³-hybridized carbons (Fsp3) is 0.158. The Hall–Kier alpha value is -2.95. The Labute approximate surface area is 140 Å². The molecule has 2 N–H and O–H groups in total. The van der Waals surface area contributed by atoms with Gasteiger partial charge in [-0.1, -0.05) is 42.5 Å². The van der Waals surface area contributed by atoms with Gasteiger partial charge >= 0.3 is 0 Å². The zero-order chi connectivity index (χ0) is 16.9. The first-order valence-electron chi connectivity index (χ1n) is 7.84. The van der Waals surface area contributed by atoms with E-state index in [0.29, 0.717) is 17.5 Å². The van der Waals surface area contributed by atoms with E-state index in [1.54, 1.807) is 18.2 Å². The molecule has 2 aromatic carbocycles. The van der Waals surface area contributed by atoms with Crippen molar-refractivity contribution in [1.82, 2.24) is 9.97 Å². The molecule has 0 radical (unpaired) electrons. The van der Waals surface area contributed by atoms with Gasteiger partial charge in [0.15, 0.2) is 0 Å². The third-order valence-electron chi connectivity index (χ3n) is 3.35. The van der Waals surface area contributed by atoms with Crippen LogP contribution >= 0.6 is 0 Å². The van der Waals surface area contributed by atoms with Crippen molar-refractivity contribution < 1.29 is 4.39 Å². The standard InChI is InChI=1S/C19H19FN4/c1-13(2)21-18-12-17(14-8-4-3-5-9-14)23-19(24-18)22-16-11-7-6-10-15(16)20/h3-13H,1-2H3,(H2,21,22,23,24). The molecular formula is C19H19FN4. The van der Waals surface area contributed by atoms with Gasteiger partial charge in [-0.05, 0) is 26.0 Å². The van der Waals surface area contributed by atoms with E-state index in [0.717, 1.165) is 11.3 Å². The third kappa shape index (κ3) is 3.87. The Balaban J connectivity index is 2.00. The van der Waals surface area contributed by atoms with Crippen LogP contribution in [0.1, 0.15) is 13.8 Å². The highest BCUT2D eigenvalue weighted by Gasteiger charge is 2.09. The SMILES string of the molecule is CC(C)Nc1cc(-c2ccccc2)nc(Nc2ccccc2F)n1. The largest absolute Gasteiger partial charge is 0.368 e. The quantitative estimate of drug-likeness (QED) is 0.705. The van der Waals surface area contributed by atoms with Crippen LogP contribution in [0.4, 0.5) is 21.8 Å². The van der Waals surface area contributed by atoms with E-state index in [1.165, 1.54) is 6.07 Å². The second kappa shape index (κ2) is 7.08. The van der Waals surface area contributed by atoms with Crippen LogP contribution in [0, 0.1) is 5.82 Å². The van der Waals surface area contributed by atoms with Gasteiger partial charge in [0.1, 0.15) is 11.6 Å². The van der Waals surface area contributed by atoms with Gasteiger partial charge in [-0.25, -0.2) is 9.37 Å². The number of nitrogens with one attached hydrogen (secondary N) is 2. The van der Waals surface area contributed by atoms with E-state index >= 15 is 0 Å². The van der Waals surface area contributed by atoms with Crippen LogP contribution in [0.3, 0.4) is 0 Å². The monoisotopic (exact) mass is 322 g/mol. The summed E-state index contributed by atoms with van der Waals surface area (Å²) in [5.74, 6) is 0.701. The van der Waals surface area contributed by atoms with Crippen molar-refractivity contribution in [3.63, 3.8) is 0 Å². The van der Waals surface area contributed by atoms with E-state index in [9.17, 15) is 4.39 Å². The number of nitrogens with zero attached hydrogens (tertiary/aromatic N) is 2. The lowest BCUT2D eigenvalue weighted by atomic mass is 10.1. The second-order valence-electron chi connectivity index (χ2n) is 5.73. The molecule has 0 aliphatic rings. The molecule has 0 fully saturated rings. The molecule has 0 atom stereocenters. The summed E-state index contributed by atoms with van der Waals surface area (Å²) in [7, 11) is 0. The molecule has 1 aromatic heterocycles. The van der Waals surface area contributed by atoms with Gasteiger partial charge in [-0.3, -0.25) is 0 Å². The first-order chi connectivity index (χ1) is 11.6. The van der Waals surface area contributed by atoms with Crippen molar-refractivity contribution in [2.75, 3.05) is 10.6 Å². The molecule has 0 saturated carbocycles. The summed E-state index contributed by atoms with van der Waals surface area (Å²) >= 11 is 0. The van der Waals surface area contributed by atoms with Crippen LogP contribution < -0.4 is 10.6 Å². The minimum absolute atomic E-state index is 0.227. The zero-order valence-electron chi connectivity index (χ0n) is 13.6. The summed E-state index contributed by atoms with van der Waals surface area (Å²) < 4.78 is 13.9. The molecule has 0 aliphatic carbocycles. The van der Waals surface area contributed by atoms with E-state index in [-0.39, 0.29) is 11.9 Å². The molecule has 3 rings (SSSR count). The molecule has 0 saturated heterocycles. The molecule has 0 spiro atoms. The molecule has 1 heterocycles. The van der Waals surface area contributed by atoms with Crippen molar-refractivity contribution >= 4 is 17.5 Å². The Morgan fingerprint density at radius 1 is 0.917 bits per heavy atom. The molecule has 3 aromatic rings. The van der Waals surface area contributed by atoms with Gasteiger partial charge in [-0.2, -0.15) is 4.98 Å². The number of hydrogen-bond donors (Lipinski definition) is 2. The van der Waals surface area contributed by atoms with Crippen molar-refractivity contribution in [2.24, 2.45) is 0 Å². The minimum atomic E-state index is -0.343. The van der Waals surface area contributed by atoms with Gasteiger partial charge < -0.3 is 10.6 Å². The van der Waals surface area contributed by atoms with Crippen LogP contribution in [0.2, 0.25) is 0 Å². The lowest BCUT2D eigenvalue weighted by Crippen LogP contribution is -2.12. The highest BCUT2D eigenvalue weighted by molar-refractivity contribution is 5.66. The Morgan fingerprint density at radius 2 is 1.62 bits per heavy atom. The molecule has 4 nitrogen and oxygen atoms in total. The predicted octanol–water partition coefficient (Wildman–Crippen LogP) is 4.85. The van der Waals surface area contributed by atoms with Crippen molar-refractivity contribution in [1.29, 1.82) is 0 Å². The topological polar surface area (TPSA) is 49.8 Å². The molecule has 24 heavy (non-hydrogen) atoms. The second-order valence-corrected chi connectivity index (χ2v) is 5.73. The van der Waals surface area contributed by atoms with Gasteiger partial charge in [0, 0.05) is 17.7 Å². The number of halogens is 1. The maximum Gasteiger partial charge on any atom is 0.229 e. The summed E-state index contributed by atoms with van der Waals surface area (Å²) in [6.45, 7) is 4.07. The maximum absolute atomic E-state index is 13.9. The Morgan fingerprint density at radius 3 is 2.33 bits per heavy atom. The summed E-state index contributed by atoms with van der Waals surface area (Å²) in [6, 6.07) is 18.4. The van der Waals surface area contributed by atoms with Crippen molar-refractivity contribution in [3.05, 3.63) is 66.5 Å². The molecular weight excluding hydrogens is 303 g/mol. The van der Waals surface area contributed by atoms with Crippen molar-refractivity contribution in [2.45, 2.75) is 19.9 Å². The van der Waals surface area contributed by atoms with E-state index in [2.05, 4.69) is 20.6 Å². The van der Waals surface area contributed by atoms with Gasteiger partial charge in [0.25, 0.3) is 0 Å². The van der Waals surface area contributed by atoms with Crippen LogP contribution in [0.15, 0.2) is 60.7 Å². The van der Waals surface area contributed by atoms with Gasteiger partial charge in [0.05, 0.1) is 11.4 Å². The predicted molar refractivity (Wildman–Crippen MR) is 95.9 cm³/mol. The van der Waals surface area contributed by atoms with E-state index < -0.39 is 0 Å². The van der Waals surface area contributed by atoms with Crippen LogP contribution in [-0.2, 0) is 0 Å². The molecule has 0 unspecified atom stereocenters. The molecule has 0 amide bonds. The number of hydrogen-bond acceptors (Lipinski definition) is 4. The molecule has 122 valence electrons. The lowest BCUT2D eigenvalue weighted by Gasteiger charge is -2.13. The zero-order valence-corrected chi connectivity index (χ0v) is 13.6. The highest BCUT2D eigenvalue weighted by Crippen LogP contribution is 2.24. The fourth-order valence-corrected chi connectivity index (χ4v) is 2.31. The van der Waals surface area contributed by atoms with Crippen molar-refractivity contribution in [3.8, 4) is 11.3 Å². The number of para-hydroxylation sites is 1. The van der Waals surface area contributed by atoms with Crippen LogP contribution in [0.25, 0.3) is 11.3 Å². The lowest BCUT2D eigenvalue weighted by molar-refractivity contribution is 0.631. The van der Waals surface area contributed by atoms with Crippen LogP contribution in [-0.4, -0.2) is 16.0 Å². The third-order valence-corrected chi connectivity index (χ3v) is 3.35. The van der Waals surface area contributed by atoms with E-state index in [1.807, 2.05) is 50.2 Å². The summed E-state index contributed by atoms with van der Waals surface area (Å²) in [4.78, 5) is 8.95. The first-order valence-corrected chi connectivity index (χ1v) is 7.84. The summed E-state index contributed by atoms with van der Waals surface area (Å²) in [5, 5.41) is 6.23. The average Bonchev–Trinajstić information content (AvgIpc) is 2.57. The number of aromatic nitrogens is 2. The van der Waals surface area contributed by atoms with Crippen LogP contribution in [0.5, 0.6) is 0 Å². The Kier molecular flexibility index (Phi) is 4.70. The summed E-state index contributed by atoms with van der Waals surface area (Å²) in [6.07, 6.45) is 0. The highest BCUT2D eigenvalue weighted by atomic mass is 19.1. The van der Waals surface area contributed by atoms with E-state index in [4.69, 9.17) is 0 Å². The summed E-state index contributed by atoms with van der Waals surface area (Å²) in [5.41, 5.74) is 2.09. The number of benzene rings is 2. The average molecular weight is 322 g/mol. The molecule has 0 aliphatic heterocycles. The molecule has 0 bridgehead atoms. The minimum Gasteiger partial charge on any atom is -0.368 e. The molecule has 5 heteroatoms. The Bertz CT molecular complexity index is 819. The number of anilines is 3.